The number of hydrogen-bond acceptors (Lipinski definition) is 1. The van der Waals surface area contributed by atoms with Crippen LogP contribution in [-0.2, 0) is 10.0 Å². The third-order valence-electron chi connectivity index (χ3n) is 1.15. The summed E-state index contributed by atoms with van der Waals surface area (Å²) in [5.41, 5.74) is 0. The molecular weight excluding hydrogens is 156 g/mol. The third kappa shape index (κ3) is 1.95. The minimum Gasteiger partial charge on any atom is -0.237 e. The van der Waals surface area contributed by atoms with Gasteiger partial charge in [-0.25, -0.2) is 4.21 Å². The zero-order chi connectivity index (χ0) is 6.69. The van der Waals surface area contributed by atoms with Crippen molar-refractivity contribution in [2.45, 2.75) is 12.8 Å². The Morgan fingerprint density at radius 3 is 2.67 bits per heavy atom. The molecule has 0 aliphatic heterocycles. The van der Waals surface area contributed by atoms with Crippen LogP contribution < -0.4 is 0 Å². The van der Waals surface area contributed by atoms with Crippen molar-refractivity contribution in [2.75, 3.05) is 0 Å². The highest BCUT2D eigenvalue weighted by molar-refractivity contribution is 8.11. The van der Waals surface area contributed by atoms with Crippen LogP contribution in [0.15, 0.2) is 23.1 Å². The predicted molar refractivity (Wildman–Crippen MR) is 40.5 cm³/mol. The third-order valence-corrected chi connectivity index (χ3v) is 2.35. The van der Waals surface area contributed by atoms with E-state index in [1.54, 1.807) is 0 Å². The largest absolute Gasteiger partial charge is 0.237 e. The van der Waals surface area contributed by atoms with E-state index in [1.807, 2.05) is 18.2 Å². The second-order valence-corrected chi connectivity index (χ2v) is 3.57. The molecule has 1 atom stereocenters. The second-order valence-electron chi connectivity index (χ2n) is 1.81. The fourth-order valence-electron chi connectivity index (χ4n) is 0.708. The summed E-state index contributed by atoms with van der Waals surface area (Å²) in [6.07, 6.45) is 7.70. The predicted octanol–water partition coefficient (Wildman–Crippen LogP) is 2.12. The first kappa shape index (κ1) is 7.03. The molecule has 0 aromatic heterocycles. The van der Waals surface area contributed by atoms with E-state index in [9.17, 15) is 4.21 Å². The molecule has 3 heteroatoms. The number of hydrogen-bond donors (Lipinski definition) is 0. The topological polar surface area (TPSA) is 17.1 Å². The first-order valence-corrected chi connectivity index (χ1v) is 4.73. The fourth-order valence-corrected chi connectivity index (χ4v) is 1.50. The normalized spacial score (nSPS) is 21.2. The van der Waals surface area contributed by atoms with Gasteiger partial charge in [-0.15, -0.1) is 0 Å². The van der Waals surface area contributed by atoms with Crippen LogP contribution in [0, 0.1) is 0 Å². The zero-order valence-electron chi connectivity index (χ0n) is 4.84. The van der Waals surface area contributed by atoms with Crippen molar-refractivity contribution in [2.24, 2.45) is 0 Å². The smallest absolute Gasteiger partial charge is 0.147 e. The molecule has 1 rings (SSSR count). The summed E-state index contributed by atoms with van der Waals surface area (Å²) in [6, 6.07) is 0. The Balaban J connectivity index is 2.69. The number of rotatable bonds is 1. The van der Waals surface area contributed by atoms with Gasteiger partial charge in [0.05, 0.1) is 4.91 Å². The Morgan fingerprint density at radius 2 is 2.33 bits per heavy atom. The van der Waals surface area contributed by atoms with E-state index >= 15 is 0 Å². The number of halogens is 1. The molecule has 0 fully saturated rings. The Kier molecular flexibility index (Phi) is 2.49. The van der Waals surface area contributed by atoms with Gasteiger partial charge >= 0.3 is 0 Å². The molecule has 1 nitrogen and oxygen atoms in total. The van der Waals surface area contributed by atoms with E-state index in [2.05, 4.69) is 0 Å². The molecule has 0 saturated carbocycles. The summed E-state index contributed by atoms with van der Waals surface area (Å²) in [5.74, 6) is 0. The molecule has 0 radical (unpaired) electrons. The van der Waals surface area contributed by atoms with E-state index in [4.69, 9.17) is 10.7 Å². The summed E-state index contributed by atoms with van der Waals surface area (Å²) in [6.45, 7) is 0. The molecule has 0 spiro atoms. The van der Waals surface area contributed by atoms with Gasteiger partial charge in [0.25, 0.3) is 0 Å². The van der Waals surface area contributed by atoms with Crippen molar-refractivity contribution >= 4 is 20.7 Å². The van der Waals surface area contributed by atoms with Crippen LogP contribution in [0.4, 0.5) is 0 Å². The van der Waals surface area contributed by atoms with E-state index in [-0.39, 0.29) is 0 Å². The summed E-state index contributed by atoms with van der Waals surface area (Å²) >= 11 is 0. The molecule has 0 aromatic carbocycles. The molecule has 0 heterocycles. The van der Waals surface area contributed by atoms with Crippen LogP contribution in [0.3, 0.4) is 0 Å². The van der Waals surface area contributed by atoms with Gasteiger partial charge in [0, 0.05) is 0 Å². The molecule has 50 valence electrons. The van der Waals surface area contributed by atoms with Crippen LogP contribution in [0.2, 0.25) is 0 Å². The summed E-state index contributed by atoms with van der Waals surface area (Å²) < 4.78 is 10.6. The van der Waals surface area contributed by atoms with Gasteiger partial charge in [0.1, 0.15) is 10.0 Å². The quantitative estimate of drug-likeness (QED) is 0.540. The molecule has 0 amide bonds. The van der Waals surface area contributed by atoms with Crippen molar-refractivity contribution in [1.82, 2.24) is 0 Å². The maximum Gasteiger partial charge on any atom is 0.147 e. The van der Waals surface area contributed by atoms with E-state index in [0.717, 1.165) is 17.7 Å². The lowest BCUT2D eigenvalue weighted by molar-refractivity contribution is 0.694. The van der Waals surface area contributed by atoms with E-state index in [1.165, 1.54) is 0 Å². The summed E-state index contributed by atoms with van der Waals surface area (Å²) in [7, 11) is 4.00. The SMILES string of the molecule is O=S(Cl)C1=CCCC=C1. The molecule has 1 unspecified atom stereocenters. The van der Waals surface area contributed by atoms with Gasteiger partial charge in [-0.3, -0.25) is 0 Å². The Hall–Kier alpha value is -0.0800. The van der Waals surface area contributed by atoms with Crippen LogP contribution in [0.5, 0.6) is 0 Å². The maximum atomic E-state index is 10.6. The van der Waals surface area contributed by atoms with Crippen LogP contribution in [0.1, 0.15) is 12.8 Å². The minimum atomic E-state index is -1.31. The highest BCUT2D eigenvalue weighted by atomic mass is 35.7. The van der Waals surface area contributed by atoms with Crippen molar-refractivity contribution in [1.29, 1.82) is 0 Å². The molecular formula is C6H7ClOS. The molecule has 0 N–H and O–H groups in total. The fraction of sp³-hybridized carbons (Fsp3) is 0.333. The van der Waals surface area contributed by atoms with Gasteiger partial charge in [0.15, 0.2) is 0 Å². The molecule has 9 heavy (non-hydrogen) atoms. The first-order valence-electron chi connectivity index (χ1n) is 2.75. The highest BCUT2D eigenvalue weighted by Gasteiger charge is 2.01. The Labute approximate surface area is 61.4 Å². The molecule has 1 aliphatic rings. The molecule has 1 aliphatic carbocycles. The van der Waals surface area contributed by atoms with Crippen molar-refractivity contribution in [3.63, 3.8) is 0 Å². The summed E-state index contributed by atoms with van der Waals surface area (Å²) in [4.78, 5) is 0.739. The highest BCUT2D eigenvalue weighted by Crippen LogP contribution is 2.14. The summed E-state index contributed by atoms with van der Waals surface area (Å²) in [5, 5.41) is 0. The second kappa shape index (κ2) is 3.18. The average Bonchev–Trinajstić information content (AvgIpc) is 1.90. The van der Waals surface area contributed by atoms with Crippen LogP contribution in [0.25, 0.3) is 0 Å². The lowest BCUT2D eigenvalue weighted by Gasteiger charge is -1.99. The van der Waals surface area contributed by atoms with Gasteiger partial charge in [-0.2, -0.15) is 0 Å². The molecule has 0 aromatic rings. The molecule has 0 bridgehead atoms. The van der Waals surface area contributed by atoms with Gasteiger partial charge < -0.3 is 0 Å². The van der Waals surface area contributed by atoms with E-state index in [0.29, 0.717) is 0 Å². The first-order chi connectivity index (χ1) is 4.30. The van der Waals surface area contributed by atoms with Crippen molar-refractivity contribution in [3.05, 3.63) is 23.1 Å². The van der Waals surface area contributed by atoms with Gasteiger partial charge in [-0.1, -0.05) is 12.2 Å². The minimum absolute atomic E-state index is 0.739. The average molecular weight is 163 g/mol. The van der Waals surface area contributed by atoms with E-state index < -0.39 is 10.0 Å². The van der Waals surface area contributed by atoms with Crippen LogP contribution in [-0.4, -0.2) is 4.21 Å². The van der Waals surface area contributed by atoms with Crippen molar-refractivity contribution < 1.29 is 4.21 Å². The van der Waals surface area contributed by atoms with Gasteiger partial charge in [-0.05, 0) is 29.6 Å². The number of allylic oxidation sites excluding steroid dienone is 3. The Bertz CT molecular complexity index is 183. The zero-order valence-corrected chi connectivity index (χ0v) is 6.41. The van der Waals surface area contributed by atoms with Crippen molar-refractivity contribution in [3.8, 4) is 0 Å². The monoisotopic (exact) mass is 162 g/mol. The van der Waals surface area contributed by atoms with Gasteiger partial charge in [0.2, 0.25) is 0 Å². The Morgan fingerprint density at radius 1 is 1.56 bits per heavy atom. The lowest BCUT2D eigenvalue weighted by Crippen LogP contribution is -1.86. The lowest BCUT2D eigenvalue weighted by atomic mass is 10.2. The maximum absolute atomic E-state index is 10.6. The van der Waals surface area contributed by atoms with Crippen LogP contribution >= 0.6 is 10.7 Å². The molecule has 0 saturated heterocycles. The standard InChI is InChI=1S/C6H7ClOS/c7-9(8)6-4-2-1-3-5-6/h2,4-5H,1,3H2.